The van der Waals surface area contributed by atoms with Crippen LogP contribution >= 0.6 is 0 Å². The molecule has 1 amide bonds. The summed E-state index contributed by atoms with van der Waals surface area (Å²) >= 11 is 0. The number of hydrogen-bond donors (Lipinski definition) is 2. The fraction of sp³-hybridized carbons (Fsp3) is 0.182. The summed E-state index contributed by atoms with van der Waals surface area (Å²) in [5, 5.41) is 3.28. The van der Waals surface area contributed by atoms with Crippen LogP contribution in [0.5, 0.6) is 5.75 Å². The van der Waals surface area contributed by atoms with Crippen molar-refractivity contribution >= 4 is 5.91 Å². The molecule has 3 rings (SSSR count). The van der Waals surface area contributed by atoms with Gasteiger partial charge >= 0.3 is 0 Å². The maximum absolute atomic E-state index is 13.1. The zero-order valence-corrected chi connectivity index (χ0v) is 15.4. The van der Waals surface area contributed by atoms with Crippen molar-refractivity contribution in [3.63, 3.8) is 0 Å². The Kier molecular flexibility index (Phi) is 6.70. The standard InChI is InChI=1S/C22H22FN3O2/c23-20-3-1-2-16(12-20)8-9-25-10-11-28-21-6-4-17(5-7-21)18-13-19(22(24)27)15-26-14-18/h1-7,12-15,25H,8-11H2,(H2,24,27). The number of ether oxygens (including phenoxy) is 1. The van der Waals surface area contributed by atoms with Crippen LogP contribution in [0.2, 0.25) is 0 Å². The molecule has 3 aromatic rings. The Morgan fingerprint density at radius 2 is 1.86 bits per heavy atom. The molecule has 0 spiro atoms. The highest BCUT2D eigenvalue weighted by Crippen LogP contribution is 2.22. The van der Waals surface area contributed by atoms with Gasteiger partial charge in [-0.3, -0.25) is 9.78 Å². The van der Waals surface area contributed by atoms with Crippen LogP contribution < -0.4 is 15.8 Å². The van der Waals surface area contributed by atoms with E-state index in [4.69, 9.17) is 10.5 Å². The van der Waals surface area contributed by atoms with E-state index in [2.05, 4.69) is 10.3 Å². The van der Waals surface area contributed by atoms with E-state index in [1.54, 1.807) is 24.4 Å². The molecule has 0 aliphatic heterocycles. The Balaban J connectivity index is 1.42. The Bertz CT molecular complexity index is 929. The fourth-order valence-corrected chi connectivity index (χ4v) is 2.77. The number of halogens is 1. The molecular weight excluding hydrogens is 357 g/mol. The first-order chi connectivity index (χ1) is 13.6. The van der Waals surface area contributed by atoms with Crippen molar-refractivity contribution < 1.29 is 13.9 Å². The van der Waals surface area contributed by atoms with Crippen molar-refractivity contribution in [1.29, 1.82) is 0 Å². The second-order valence-corrected chi connectivity index (χ2v) is 6.33. The Morgan fingerprint density at radius 3 is 2.61 bits per heavy atom. The molecular formula is C22H22FN3O2. The van der Waals surface area contributed by atoms with E-state index >= 15 is 0 Å². The highest BCUT2D eigenvalue weighted by atomic mass is 19.1. The van der Waals surface area contributed by atoms with E-state index in [-0.39, 0.29) is 5.82 Å². The lowest BCUT2D eigenvalue weighted by Gasteiger charge is -2.09. The number of aromatic nitrogens is 1. The topological polar surface area (TPSA) is 77.2 Å². The van der Waals surface area contributed by atoms with Crippen LogP contribution in [0.4, 0.5) is 4.39 Å². The minimum atomic E-state index is -0.501. The van der Waals surface area contributed by atoms with Crippen LogP contribution in [-0.4, -0.2) is 30.6 Å². The van der Waals surface area contributed by atoms with E-state index in [9.17, 15) is 9.18 Å². The zero-order valence-electron chi connectivity index (χ0n) is 15.4. The molecule has 0 saturated heterocycles. The summed E-state index contributed by atoms with van der Waals surface area (Å²) in [6.07, 6.45) is 3.90. The van der Waals surface area contributed by atoms with Gasteiger partial charge in [0.25, 0.3) is 0 Å². The molecule has 0 aliphatic carbocycles. The summed E-state index contributed by atoms with van der Waals surface area (Å²) in [5.41, 5.74) is 8.39. The van der Waals surface area contributed by atoms with Gasteiger partial charge in [0, 0.05) is 24.5 Å². The average Bonchev–Trinajstić information content (AvgIpc) is 2.71. The maximum Gasteiger partial charge on any atom is 0.250 e. The van der Waals surface area contributed by atoms with Crippen LogP contribution in [0.3, 0.4) is 0 Å². The van der Waals surface area contributed by atoms with Crippen LogP contribution in [0, 0.1) is 5.82 Å². The molecule has 5 nitrogen and oxygen atoms in total. The molecule has 28 heavy (non-hydrogen) atoms. The number of carbonyl (C=O) groups excluding carboxylic acids is 1. The number of primary amides is 1. The predicted octanol–water partition coefficient (Wildman–Crippen LogP) is 3.20. The van der Waals surface area contributed by atoms with Gasteiger partial charge in [0.2, 0.25) is 5.91 Å². The molecule has 1 aromatic heterocycles. The number of rotatable bonds is 9. The first-order valence-electron chi connectivity index (χ1n) is 9.05. The smallest absolute Gasteiger partial charge is 0.250 e. The molecule has 0 aliphatic rings. The number of pyridine rings is 1. The van der Waals surface area contributed by atoms with Crippen molar-refractivity contribution in [2.45, 2.75) is 6.42 Å². The van der Waals surface area contributed by atoms with E-state index in [1.807, 2.05) is 30.3 Å². The summed E-state index contributed by atoms with van der Waals surface area (Å²) in [5.74, 6) is 0.0512. The molecule has 0 atom stereocenters. The van der Waals surface area contributed by atoms with Crippen molar-refractivity contribution in [3.8, 4) is 16.9 Å². The Morgan fingerprint density at radius 1 is 1.04 bits per heavy atom. The van der Waals surface area contributed by atoms with Gasteiger partial charge in [-0.15, -0.1) is 0 Å². The summed E-state index contributed by atoms with van der Waals surface area (Å²) in [7, 11) is 0. The third-order valence-electron chi connectivity index (χ3n) is 4.24. The molecule has 144 valence electrons. The van der Waals surface area contributed by atoms with Gasteiger partial charge < -0.3 is 15.8 Å². The zero-order chi connectivity index (χ0) is 19.8. The minimum Gasteiger partial charge on any atom is -0.492 e. The predicted molar refractivity (Wildman–Crippen MR) is 107 cm³/mol. The second-order valence-electron chi connectivity index (χ2n) is 6.33. The van der Waals surface area contributed by atoms with E-state index in [0.29, 0.717) is 18.7 Å². The number of hydrogen-bond acceptors (Lipinski definition) is 4. The third-order valence-corrected chi connectivity index (χ3v) is 4.24. The second kappa shape index (κ2) is 9.62. The molecule has 0 fully saturated rings. The fourth-order valence-electron chi connectivity index (χ4n) is 2.77. The highest BCUT2D eigenvalue weighted by Gasteiger charge is 2.04. The van der Waals surface area contributed by atoms with Gasteiger partial charge in [-0.2, -0.15) is 0 Å². The molecule has 1 heterocycles. The number of nitrogens with zero attached hydrogens (tertiary/aromatic N) is 1. The van der Waals surface area contributed by atoms with Gasteiger partial charge in [0.15, 0.2) is 0 Å². The Hall–Kier alpha value is -3.25. The number of amides is 1. The third kappa shape index (κ3) is 5.62. The SMILES string of the molecule is NC(=O)c1cncc(-c2ccc(OCCNCCc3cccc(F)c3)cc2)c1. The van der Waals surface area contributed by atoms with Crippen LogP contribution in [0.1, 0.15) is 15.9 Å². The van der Waals surface area contributed by atoms with Crippen LogP contribution in [0.15, 0.2) is 67.0 Å². The van der Waals surface area contributed by atoms with E-state index in [1.165, 1.54) is 12.3 Å². The summed E-state index contributed by atoms with van der Waals surface area (Å²) < 4.78 is 18.8. The van der Waals surface area contributed by atoms with Gasteiger partial charge in [-0.05, 0) is 54.4 Å². The lowest BCUT2D eigenvalue weighted by atomic mass is 10.1. The molecule has 2 aromatic carbocycles. The van der Waals surface area contributed by atoms with Crippen molar-refractivity contribution in [2.24, 2.45) is 5.73 Å². The molecule has 0 unspecified atom stereocenters. The maximum atomic E-state index is 13.1. The lowest BCUT2D eigenvalue weighted by molar-refractivity contribution is 0.1000. The Labute approximate surface area is 163 Å². The average molecular weight is 379 g/mol. The normalized spacial score (nSPS) is 10.6. The van der Waals surface area contributed by atoms with Crippen molar-refractivity contribution in [2.75, 3.05) is 19.7 Å². The van der Waals surface area contributed by atoms with E-state index in [0.717, 1.165) is 35.4 Å². The van der Waals surface area contributed by atoms with E-state index < -0.39 is 5.91 Å². The number of benzene rings is 2. The first-order valence-corrected chi connectivity index (χ1v) is 9.05. The van der Waals surface area contributed by atoms with Gasteiger partial charge in [0.1, 0.15) is 18.2 Å². The number of nitrogens with two attached hydrogens (primary N) is 1. The largest absolute Gasteiger partial charge is 0.492 e. The quantitative estimate of drug-likeness (QED) is 0.560. The lowest BCUT2D eigenvalue weighted by Crippen LogP contribution is -2.23. The minimum absolute atomic E-state index is 0.207. The summed E-state index contributed by atoms with van der Waals surface area (Å²) in [6.45, 7) is 1.98. The van der Waals surface area contributed by atoms with Crippen LogP contribution in [-0.2, 0) is 6.42 Å². The number of nitrogens with one attached hydrogen (secondary N) is 1. The van der Waals surface area contributed by atoms with Crippen molar-refractivity contribution in [1.82, 2.24) is 10.3 Å². The molecule has 0 bridgehead atoms. The monoisotopic (exact) mass is 379 g/mol. The molecule has 0 saturated carbocycles. The molecule has 3 N–H and O–H groups in total. The van der Waals surface area contributed by atoms with Crippen LogP contribution in [0.25, 0.3) is 11.1 Å². The van der Waals surface area contributed by atoms with Gasteiger partial charge in [0.05, 0.1) is 5.56 Å². The molecule has 6 heteroatoms. The number of carbonyl (C=O) groups is 1. The van der Waals surface area contributed by atoms with Gasteiger partial charge in [-0.1, -0.05) is 24.3 Å². The first kappa shape index (κ1) is 19.5. The highest BCUT2D eigenvalue weighted by molar-refractivity contribution is 5.93. The molecule has 0 radical (unpaired) electrons. The van der Waals surface area contributed by atoms with Gasteiger partial charge in [-0.25, -0.2) is 4.39 Å². The van der Waals surface area contributed by atoms with Crippen molar-refractivity contribution in [3.05, 3.63) is 83.9 Å². The summed E-state index contributed by atoms with van der Waals surface area (Å²) in [4.78, 5) is 15.3. The summed E-state index contributed by atoms with van der Waals surface area (Å²) in [6, 6.07) is 15.9.